The van der Waals surface area contributed by atoms with Crippen molar-refractivity contribution in [2.75, 3.05) is 7.11 Å². The minimum absolute atomic E-state index is 0. The Morgan fingerprint density at radius 2 is 1.33 bits per heavy atom. The smallest absolute Gasteiger partial charge is 0.629 e. The first-order valence-electron chi connectivity index (χ1n) is 4.90. The van der Waals surface area contributed by atoms with Gasteiger partial charge in [0.05, 0.1) is 11.9 Å². The van der Waals surface area contributed by atoms with Crippen LogP contribution in [0.3, 0.4) is 0 Å². The van der Waals surface area contributed by atoms with Crippen LogP contribution in [-0.4, -0.2) is 12.2 Å². The Hall–Kier alpha value is -1.84. The summed E-state index contributed by atoms with van der Waals surface area (Å²) < 4.78 is 4.46. The molecule has 0 aromatic rings. The molecule has 0 radical (unpaired) electrons. The van der Waals surface area contributed by atoms with E-state index in [2.05, 4.69) is 4.74 Å². The molecule has 0 bridgehead atoms. The van der Waals surface area contributed by atoms with Crippen molar-refractivity contribution in [3.8, 4) is 0 Å². The van der Waals surface area contributed by atoms with Crippen molar-refractivity contribution in [2.45, 2.75) is 0 Å². The van der Waals surface area contributed by atoms with Crippen LogP contribution in [0.5, 0.6) is 0 Å². The molecule has 2 aliphatic rings. The van der Waals surface area contributed by atoms with Gasteiger partial charge in [0, 0.05) is 0 Å². The Morgan fingerprint density at radius 3 is 1.61 bits per heavy atom. The van der Waals surface area contributed by atoms with E-state index in [4.69, 9.17) is 5.11 Å². The zero-order valence-electron chi connectivity index (χ0n) is 9.64. The molecule has 0 aromatic carbocycles. The summed E-state index contributed by atoms with van der Waals surface area (Å²) >= 11 is 0. The molecule has 0 amide bonds. The van der Waals surface area contributed by atoms with Gasteiger partial charge in [0.2, 0.25) is 0 Å². The predicted molar refractivity (Wildman–Crippen MR) is 60.2 cm³/mol. The van der Waals surface area contributed by atoms with Gasteiger partial charge in [0.25, 0.3) is 0 Å². The van der Waals surface area contributed by atoms with Gasteiger partial charge >= 0.3 is 17.1 Å². The Morgan fingerprint density at radius 1 is 0.944 bits per heavy atom. The first kappa shape index (κ1) is 16.2. The molecule has 0 saturated carbocycles. The number of aliphatic hydroxyl groups is 1. The van der Waals surface area contributed by atoms with Gasteiger partial charge in [0.15, 0.2) is 0 Å². The average Bonchev–Trinajstić information content (AvgIpc) is 3.01. The molecule has 96 valence electrons. The molecule has 5 heteroatoms. The molecular weight excluding hydrogens is 276 g/mol. The molecule has 0 unspecified atom stereocenters. The minimum atomic E-state index is -0.866. The molecule has 0 spiro atoms. The largest absolute Gasteiger partial charge is 2.00 e. The van der Waals surface area contributed by atoms with E-state index >= 15 is 0 Å². The second-order valence-electron chi connectivity index (χ2n) is 3.14. The normalized spacial score (nSPS) is 14.1. The van der Waals surface area contributed by atoms with Crippen LogP contribution < -0.4 is 10.2 Å². The summed E-state index contributed by atoms with van der Waals surface area (Å²) in [6.07, 6.45) is 13.5. The molecule has 0 atom stereocenters. The Kier molecular flexibility index (Phi) is 7.43. The van der Waals surface area contributed by atoms with E-state index in [-0.39, 0.29) is 23.0 Å². The number of hydrogen-bond donors (Lipinski definition) is 1. The number of rotatable bonds is 1. The van der Waals surface area contributed by atoms with Crippen molar-refractivity contribution in [3.05, 3.63) is 71.6 Å². The van der Waals surface area contributed by atoms with Crippen molar-refractivity contribution in [1.82, 2.24) is 0 Å². The molecule has 0 saturated heterocycles. The molecule has 18 heavy (non-hydrogen) atoms. The van der Waals surface area contributed by atoms with Crippen molar-refractivity contribution >= 4 is 0 Å². The zero-order valence-corrected chi connectivity index (χ0v) is 10.7. The third-order valence-electron chi connectivity index (χ3n) is 1.99. The van der Waals surface area contributed by atoms with Crippen LogP contribution >= 0.6 is 0 Å². The van der Waals surface area contributed by atoms with Gasteiger partial charge in [0.1, 0.15) is 0 Å². The fourth-order valence-electron chi connectivity index (χ4n) is 1.14. The molecule has 2 aliphatic carbocycles. The number of allylic oxidation sites excluding steroid dienone is 10. The van der Waals surface area contributed by atoms with Crippen LogP contribution in [0.2, 0.25) is 0 Å². The third-order valence-corrected chi connectivity index (χ3v) is 1.99. The molecule has 1 N–H and O–H groups in total. The molecule has 0 aromatic heterocycles. The summed E-state index contributed by atoms with van der Waals surface area (Å²) in [6, 6.07) is 0. The SMILES string of the molecule is COC([O-])=C1C=CC=C1.[Fe+2].[O-]C(O)=C1C=CC=C1. The molecule has 0 fully saturated rings. The molecular formula is C13H12FeO4. The van der Waals surface area contributed by atoms with Crippen LogP contribution in [0.25, 0.3) is 0 Å². The van der Waals surface area contributed by atoms with Crippen molar-refractivity contribution in [2.24, 2.45) is 0 Å². The Bertz CT molecular complexity index is 422. The van der Waals surface area contributed by atoms with Gasteiger partial charge < -0.3 is 20.1 Å². The Labute approximate surface area is 116 Å². The van der Waals surface area contributed by atoms with E-state index in [9.17, 15) is 10.2 Å². The van der Waals surface area contributed by atoms with Gasteiger partial charge in [-0.2, -0.15) is 0 Å². The molecule has 0 heterocycles. The van der Waals surface area contributed by atoms with E-state index in [0.29, 0.717) is 11.1 Å². The van der Waals surface area contributed by atoms with E-state index in [1.807, 2.05) is 0 Å². The second-order valence-corrected chi connectivity index (χ2v) is 3.14. The number of aliphatic hydroxyl groups excluding tert-OH is 1. The van der Waals surface area contributed by atoms with Crippen molar-refractivity contribution < 1.29 is 37.1 Å². The van der Waals surface area contributed by atoms with E-state index in [0.717, 1.165) is 0 Å². The third kappa shape index (κ3) is 4.99. The summed E-state index contributed by atoms with van der Waals surface area (Å²) in [7, 11) is 1.37. The van der Waals surface area contributed by atoms with Gasteiger partial charge in [-0.1, -0.05) is 48.6 Å². The zero-order chi connectivity index (χ0) is 12.7. The fourth-order valence-corrected chi connectivity index (χ4v) is 1.14. The van der Waals surface area contributed by atoms with E-state index < -0.39 is 5.95 Å². The summed E-state index contributed by atoms with van der Waals surface area (Å²) in [4.78, 5) is 0. The quantitative estimate of drug-likeness (QED) is 0.565. The van der Waals surface area contributed by atoms with E-state index in [1.54, 1.807) is 48.6 Å². The maximum absolute atomic E-state index is 10.7. The minimum Gasteiger partial charge on any atom is -0.629 e. The predicted octanol–water partition coefficient (Wildman–Crippen LogP) is 0.571. The second kappa shape index (κ2) is 8.28. The standard InChI is InChI=1S/C7H8O2.C6H6O2.Fe/c1-9-7(8)6-4-2-3-5-6;7-6(8)5-3-1-2-4-5;/h2-5,8H,1H3;1-4,7-8H;/q;;+2/p-2. The summed E-state index contributed by atoms with van der Waals surface area (Å²) in [5, 5.41) is 29.0. The summed E-state index contributed by atoms with van der Waals surface area (Å²) in [5.41, 5.74) is 0.961. The topological polar surface area (TPSA) is 75.6 Å². The van der Waals surface area contributed by atoms with Crippen LogP contribution in [0, 0.1) is 0 Å². The summed E-state index contributed by atoms with van der Waals surface area (Å²) in [5.74, 6) is -1.14. The first-order valence-corrected chi connectivity index (χ1v) is 4.90. The molecule has 4 nitrogen and oxygen atoms in total. The van der Waals surface area contributed by atoms with Gasteiger partial charge in [-0.05, 0) is 18.3 Å². The average molecular weight is 288 g/mol. The fraction of sp³-hybridized carbons (Fsp3) is 0.0769. The molecule has 0 aliphatic heterocycles. The van der Waals surface area contributed by atoms with Gasteiger partial charge in [-0.3, -0.25) is 0 Å². The number of methoxy groups -OCH3 is 1. The van der Waals surface area contributed by atoms with Crippen molar-refractivity contribution in [1.29, 1.82) is 0 Å². The first-order chi connectivity index (χ1) is 8.15. The number of hydrogen-bond acceptors (Lipinski definition) is 4. The van der Waals surface area contributed by atoms with Crippen LogP contribution in [0.15, 0.2) is 71.6 Å². The number of ether oxygens (including phenoxy) is 1. The van der Waals surface area contributed by atoms with E-state index in [1.165, 1.54) is 7.11 Å². The monoisotopic (exact) mass is 288 g/mol. The van der Waals surface area contributed by atoms with Gasteiger partial charge in [-0.15, -0.1) is 0 Å². The Balaban J connectivity index is 0.000000306. The maximum Gasteiger partial charge on any atom is 2.00 e. The van der Waals surface area contributed by atoms with Crippen LogP contribution in [0.1, 0.15) is 0 Å². The summed E-state index contributed by atoms with van der Waals surface area (Å²) in [6.45, 7) is 0. The van der Waals surface area contributed by atoms with Gasteiger partial charge in [-0.25, -0.2) is 0 Å². The van der Waals surface area contributed by atoms with Crippen molar-refractivity contribution in [3.63, 3.8) is 0 Å². The molecule has 2 rings (SSSR count). The van der Waals surface area contributed by atoms with Crippen LogP contribution in [0.4, 0.5) is 0 Å². The maximum atomic E-state index is 10.7. The van der Waals surface area contributed by atoms with Crippen LogP contribution in [-0.2, 0) is 21.8 Å².